The molecule has 2 heterocycles. The molecule has 0 unspecified atom stereocenters. The van der Waals surface area contributed by atoms with E-state index < -0.39 is 0 Å². The van der Waals surface area contributed by atoms with Gasteiger partial charge in [-0.25, -0.2) is 4.98 Å². The Balaban J connectivity index is 1.74. The molecule has 0 spiro atoms. The van der Waals surface area contributed by atoms with Crippen molar-refractivity contribution in [3.63, 3.8) is 0 Å². The summed E-state index contributed by atoms with van der Waals surface area (Å²) in [5.41, 5.74) is 2.83. The van der Waals surface area contributed by atoms with Crippen LogP contribution in [0, 0.1) is 5.92 Å². The Kier molecular flexibility index (Phi) is 4.04. The second-order valence-corrected chi connectivity index (χ2v) is 5.96. The zero-order valence-corrected chi connectivity index (χ0v) is 12.7. The van der Waals surface area contributed by atoms with Crippen LogP contribution in [-0.2, 0) is 13.0 Å². The third-order valence-electron chi connectivity index (χ3n) is 3.75. The summed E-state index contributed by atoms with van der Waals surface area (Å²) in [6, 6.07) is 10.6. The van der Waals surface area contributed by atoms with Gasteiger partial charge in [-0.3, -0.25) is 0 Å². The largest absolute Gasteiger partial charge is 0.370 e. The molecule has 3 rings (SSSR count). The summed E-state index contributed by atoms with van der Waals surface area (Å²) in [5.74, 6) is 2.33. The summed E-state index contributed by atoms with van der Waals surface area (Å²) in [4.78, 5) is 11.3. The van der Waals surface area contributed by atoms with Crippen molar-refractivity contribution in [3.05, 3.63) is 47.7 Å². The van der Waals surface area contributed by atoms with Crippen LogP contribution >= 0.6 is 0 Å². The standard InChI is InChI=1S/C17H22N4/c1-13(2)11-19-16-7-9-18-17(20-16)21-10-8-14-5-3-4-6-15(14)12-21/h3-7,9,13H,8,10-12H2,1-2H3,(H,18,19,20). The second-order valence-electron chi connectivity index (χ2n) is 5.96. The van der Waals surface area contributed by atoms with Crippen molar-refractivity contribution in [3.8, 4) is 0 Å². The fourth-order valence-corrected chi connectivity index (χ4v) is 2.57. The van der Waals surface area contributed by atoms with Crippen molar-refractivity contribution < 1.29 is 0 Å². The number of fused-ring (bicyclic) bond motifs is 1. The van der Waals surface area contributed by atoms with Gasteiger partial charge in [0.05, 0.1) is 0 Å². The molecule has 1 aromatic carbocycles. The molecule has 1 aromatic heterocycles. The van der Waals surface area contributed by atoms with Crippen molar-refractivity contribution in [2.75, 3.05) is 23.3 Å². The lowest BCUT2D eigenvalue weighted by Crippen LogP contribution is -2.31. The number of nitrogens with one attached hydrogen (secondary N) is 1. The van der Waals surface area contributed by atoms with Crippen LogP contribution in [0.2, 0.25) is 0 Å². The molecule has 21 heavy (non-hydrogen) atoms. The van der Waals surface area contributed by atoms with Crippen LogP contribution in [0.4, 0.5) is 11.8 Å². The zero-order valence-electron chi connectivity index (χ0n) is 12.7. The van der Waals surface area contributed by atoms with Gasteiger partial charge in [0.2, 0.25) is 5.95 Å². The van der Waals surface area contributed by atoms with E-state index in [1.165, 1.54) is 11.1 Å². The highest BCUT2D eigenvalue weighted by Gasteiger charge is 2.18. The van der Waals surface area contributed by atoms with E-state index in [-0.39, 0.29) is 0 Å². The van der Waals surface area contributed by atoms with E-state index in [2.05, 4.69) is 58.3 Å². The molecule has 0 aliphatic carbocycles. The maximum atomic E-state index is 4.65. The third kappa shape index (κ3) is 3.32. The van der Waals surface area contributed by atoms with Gasteiger partial charge in [-0.15, -0.1) is 0 Å². The van der Waals surface area contributed by atoms with E-state index in [0.717, 1.165) is 37.8 Å². The van der Waals surface area contributed by atoms with Crippen molar-refractivity contribution in [2.24, 2.45) is 5.92 Å². The summed E-state index contributed by atoms with van der Waals surface area (Å²) >= 11 is 0. The monoisotopic (exact) mass is 282 g/mol. The molecule has 0 radical (unpaired) electrons. The van der Waals surface area contributed by atoms with Crippen LogP contribution in [0.25, 0.3) is 0 Å². The smallest absolute Gasteiger partial charge is 0.227 e. The number of hydrogen-bond acceptors (Lipinski definition) is 4. The quantitative estimate of drug-likeness (QED) is 0.935. The summed E-state index contributed by atoms with van der Waals surface area (Å²) in [6.07, 6.45) is 2.90. The molecule has 0 saturated carbocycles. The molecule has 2 aromatic rings. The third-order valence-corrected chi connectivity index (χ3v) is 3.75. The van der Waals surface area contributed by atoms with Gasteiger partial charge in [0.25, 0.3) is 0 Å². The summed E-state index contributed by atoms with van der Waals surface area (Å²) in [6.45, 7) is 7.18. The summed E-state index contributed by atoms with van der Waals surface area (Å²) in [5, 5.41) is 3.36. The van der Waals surface area contributed by atoms with Crippen LogP contribution < -0.4 is 10.2 Å². The van der Waals surface area contributed by atoms with Gasteiger partial charge in [-0.05, 0) is 29.5 Å². The maximum absolute atomic E-state index is 4.65. The lowest BCUT2D eigenvalue weighted by Gasteiger charge is -2.29. The van der Waals surface area contributed by atoms with Gasteiger partial charge in [0, 0.05) is 25.8 Å². The van der Waals surface area contributed by atoms with Crippen LogP contribution in [0.1, 0.15) is 25.0 Å². The number of rotatable bonds is 4. The Bertz CT molecular complexity index is 609. The molecular formula is C17H22N4. The zero-order chi connectivity index (χ0) is 14.7. The highest BCUT2D eigenvalue weighted by molar-refractivity contribution is 5.44. The highest BCUT2D eigenvalue weighted by Crippen LogP contribution is 2.22. The van der Waals surface area contributed by atoms with Gasteiger partial charge >= 0.3 is 0 Å². The molecule has 0 saturated heterocycles. The Morgan fingerprint density at radius 2 is 2.00 bits per heavy atom. The van der Waals surface area contributed by atoms with E-state index in [4.69, 9.17) is 0 Å². The average molecular weight is 282 g/mol. The van der Waals surface area contributed by atoms with Crippen molar-refractivity contribution in [1.29, 1.82) is 0 Å². The first-order valence-electron chi connectivity index (χ1n) is 7.61. The highest BCUT2D eigenvalue weighted by atomic mass is 15.3. The Hall–Kier alpha value is -2.10. The predicted molar refractivity (Wildman–Crippen MR) is 86.6 cm³/mol. The van der Waals surface area contributed by atoms with Crippen molar-refractivity contribution in [1.82, 2.24) is 9.97 Å². The van der Waals surface area contributed by atoms with Crippen LogP contribution in [0.15, 0.2) is 36.5 Å². The van der Waals surface area contributed by atoms with Gasteiger partial charge in [0.15, 0.2) is 0 Å². The summed E-state index contributed by atoms with van der Waals surface area (Å²) in [7, 11) is 0. The van der Waals surface area contributed by atoms with E-state index in [9.17, 15) is 0 Å². The fourth-order valence-electron chi connectivity index (χ4n) is 2.57. The topological polar surface area (TPSA) is 41.1 Å². The van der Waals surface area contributed by atoms with E-state index >= 15 is 0 Å². The molecule has 4 nitrogen and oxygen atoms in total. The molecule has 1 aliphatic heterocycles. The minimum absolute atomic E-state index is 0.602. The Morgan fingerprint density at radius 1 is 1.19 bits per heavy atom. The van der Waals surface area contributed by atoms with Gasteiger partial charge in [-0.1, -0.05) is 38.1 Å². The molecule has 4 heteroatoms. The number of benzene rings is 1. The lowest BCUT2D eigenvalue weighted by molar-refractivity contribution is 0.683. The predicted octanol–water partition coefficient (Wildman–Crippen LogP) is 3.11. The number of nitrogens with zero attached hydrogens (tertiary/aromatic N) is 3. The first-order valence-corrected chi connectivity index (χ1v) is 7.61. The van der Waals surface area contributed by atoms with E-state index in [0.29, 0.717) is 5.92 Å². The molecule has 110 valence electrons. The van der Waals surface area contributed by atoms with E-state index in [1.54, 1.807) is 0 Å². The second kappa shape index (κ2) is 6.12. The van der Waals surface area contributed by atoms with Gasteiger partial charge in [0.1, 0.15) is 5.82 Å². The molecule has 1 N–H and O–H groups in total. The van der Waals surface area contributed by atoms with Crippen LogP contribution in [0.5, 0.6) is 0 Å². The summed E-state index contributed by atoms with van der Waals surface area (Å²) < 4.78 is 0. The van der Waals surface area contributed by atoms with Gasteiger partial charge < -0.3 is 10.2 Å². The number of hydrogen-bond donors (Lipinski definition) is 1. The minimum Gasteiger partial charge on any atom is -0.370 e. The van der Waals surface area contributed by atoms with Crippen molar-refractivity contribution >= 4 is 11.8 Å². The van der Waals surface area contributed by atoms with Gasteiger partial charge in [-0.2, -0.15) is 4.98 Å². The van der Waals surface area contributed by atoms with Crippen LogP contribution in [-0.4, -0.2) is 23.1 Å². The Morgan fingerprint density at radius 3 is 2.81 bits per heavy atom. The molecule has 0 bridgehead atoms. The Labute approximate surface area is 126 Å². The fraction of sp³-hybridized carbons (Fsp3) is 0.412. The lowest BCUT2D eigenvalue weighted by atomic mass is 10.0. The molecule has 1 aliphatic rings. The van der Waals surface area contributed by atoms with Crippen LogP contribution in [0.3, 0.4) is 0 Å². The SMILES string of the molecule is CC(C)CNc1ccnc(N2CCc3ccccc3C2)n1. The molecule has 0 amide bonds. The van der Waals surface area contributed by atoms with E-state index in [1.807, 2.05) is 12.3 Å². The molecular weight excluding hydrogens is 260 g/mol. The first-order chi connectivity index (χ1) is 10.2. The maximum Gasteiger partial charge on any atom is 0.227 e. The average Bonchev–Trinajstić information content (AvgIpc) is 2.53. The first kappa shape index (κ1) is 13.9. The normalized spacial score (nSPS) is 14.1. The number of anilines is 2. The molecule has 0 atom stereocenters. The number of aromatic nitrogens is 2. The minimum atomic E-state index is 0.602. The molecule has 0 fully saturated rings. The van der Waals surface area contributed by atoms with Crippen molar-refractivity contribution in [2.45, 2.75) is 26.8 Å².